The first-order valence-corrected chi connectivity index (χ1v) is 11.5. The first-order chi connectivity index (χ1) is 17.3. The summed E-state index contributed by atoms with van der Waals surface area (Å²) in [5, 5.41) is 15.2. The van der Waals surface area contributed by atoms with Crippen LogP contribution in [-0.4, -0.2) is 25.5 Å². The van der Waals surface area contributed by atoms with Crippen LogP contribution in [0.5, 0.6) is 11.5 Å². The molecule has 36 heavy (non-hydrogen) atoms. The molecule has 0 aliphatic carbocycles. The summed E-state index contributed by atoms with van der Waals surface area (Å²) in [6.07, 6.45) is 1.41. The average molecular weight is 504 g/mol. The van der Waals surface area contributed by atoms with Crippen LogP contribution < -0.4 is 20.1 Å². The number of methoxy groups -OCH3 is 1. The van der Waals surface area contributed by atoms with Crippen molar-refractivity contribution in [1.82, 2.24) is 5.32 Å². The molecule has 7 nitrogen and oxygen atoms in total. The number of anilines is 1. The van der Waals surface area contributed by atoms with Crippen molar-refractivity contribution in [2.75, 3.05) is 19.0 Å². The van der Waals surface area contributed by atoms with Crippen molar-refractivity contribution in [2.45, 2.75) is 20.4 Å². The molecule has 0 saturated carbocycles. The Hall–Kier alpha value is -4.28. The molecule has 0 aliphatic heterocycles. The molecule has 8 heteroatoms. The van der Waals surface area contributed by atoms with E-state index in [1.165, 1.54) is 19.3 Å². The fourth-order valence-corrected chi connectivity index (χ4v) is 3.62. The van der Waals surface area contributed by atoms with E-state index < -0.39 is 5.91 Å². The molecular weight excluding hydrogens is 478 g/mol. The third kappa shape index (κ3) is 7.11. The molecule has 184 valence electrons. The highest BCUT2D eigenvalue weighted by Crippen LogP contribution is 2.37. The number of amides is 2. The Labute approximate surface area is 215 Å². The lowest BCUT2D eigenvalue weighted by Crippen LogP contribution is -2.23. The van der Waals surface area contributed by atoms with Crippen LogP contribution in [-0.2, 0) is 16.1 Å². The van der Waals surface area contributed by atoms with E-state index in [-0.39, 0.29) is 34.6 Å². The largest absolute Gasteiger partial charge is 0.493 e. The molecular formula is C28H26ClN3O4. The van der Waals surface area contributed by atoms with Gasteiger partial charge in [0.05, 0.1) is 12.1 Å². The minimum atomic E-state index is -0.514. The van der Waals surface area contributed by atoms with Gasteiger partial charge in [-0.1, -0.05) is 54.1 Å². The van der Waals surface area contributed by atoms with Gasteiger partial charge in [-0.15, -0.1) is 0 Å². The molecule has 0 radical (unpaired) electrons. The highest BCUT2D eigenvalue weighted by Gasteiger charge is 2.16. The summed E-state index contributed by atoms with van der Waals surface area (Å²) in [7, 11) is 1.43. The zero-order valence-corrected chi connectivity index (χ0v) is 21.0. The minimum Gasteiger partial charge on any atom is -0.493 e. The number of carbonyl (C=O) groups excluding carboxylic acids is 2. The van der Waals surface area contributed by atoms with Crippen molar-refractivity contribution in [1.29, 1.82) is 5.26 Å². The van der Waals surface area contributed by atoms with Gasteiger partial charge >= 0.3 is 0 Å². The van der Waals surface area contributed by atoms with Gasteiger partial charge in [0.2, 0.25) is 0 Å². The highest BCUT2D eigenvalue weighted by molar-refractivity contribution is 6.32. The summed E-state index contributed by atoms with van der Waals surface area (Å²) < 4.78 is 11.0. The number of aryl methyl sites for hydroxylation is 2. The van der Waals surface area contributed by atoms with Crippen LogP contribution in [0.4, 0.5) is 5.69 Å². The summed E-state index contributed by atoms with van der Waals surface area (Å²) in [4.78, 5) is 24.9. The van der Waals surface area contributed by atoms with Crippen molar-refractivity contribution in [3.63, 3.8) is 0 Å². The summed E-state index contributed by atoms with van der Waals surface area (Å²) >= 11 is 6.40. The summed E-state index contributed by atoms with van der Waals surface area (Å²) in [5.41, 5.74) is 3.95. The van der Waals surface area contributed by atoms with Crippen LogP contribution >= 0.6 is 11.6 Å². The van der Waals surface area contributed by atoms with Crippen LogP contribution in [0.25, 0.3) is 6.08 Å². The van der Waals surface area contributed by atoms with Crippen molar-refractivity contribution in [3.05, 3.63) is 93.5 Å². The number of nitrogens with zero attached hydrogens (tertiary/aromatic N) is 1. The van der Waals surface area contributed by atoms with Gasteiger partial charge in [0, 0.05) is 12.2 Å². The summed E-state index contributed by atoms with van der Waals surface area (Å²) in [5.74, 6) is -0.428. The maximum Gasteiger partial charge on any atom is 0.262 e. The summed E-state index contributed by atoms with van der Waals surface area (Å²) in [6.45, 7) is 3.85. The fourth-order valence-electron chi connectivity index (χ4n) is 3.35. The van der Waals surface area contributed by atoms with Crippen molar-refractivity contribution in [3.8, 4) is 17.6 Å². The monoisotopic (exact) mass is 503 g/mol. The number of carbonyl (C=O) groups is 2. The Morgan fingerprint density at radius 2 is 1.83 bits per heavy atom. The number of nitriles is 1. The van der Waals surface area contributed by atoms with E-state index >= 15 is 0 Å². The lowest BCUT2D eigenvalue weighted by atomic mass is 10.1. The molecule has 0 atom stereocenters. The molecule has 0 aromatic heterocycles. The standard InChI is InChI=1S/C28H26ClN3O4/c1-18-9-10-19(2)24(11-18)32-26(33)17-36-27-23(29)13-21(14-25(27)35-3)12-22(15-30)28(34)31-16-20-7-5-4-6-8-20/h4-14H,16-17H2,1-3H3,(H,31,34)(H,32,33)/b22-12+. The van der Waals surface area contributed by atoms with Gasteiger partial charge in [0.25, 0.3) is 11.8 Å². The van der Waals surface area contributed by atoms with Gasteiger partial charge in [-0.25, -0.2) is 0 Å². The number of hydrogen-bond donors (Lipinski definition) is 2. The predicted octanol–water partition coefficient (Wildman–Crippen LogP) is 5.21. The van der Waals surface area contributed by atoms with E-state index in [9.17, 15) is 14.9 Å². The molecule has 2 N–H and O–H groups in total. The third-order valence-corrected chi connectivity index (χ3v) is 5.52. The van der Waals surface area contributed by atoms with E-state index in [0.717, 1.165) is 16.7 Å². The second-order valence-electron chi connectivity index (χ2n) is 8.03. The first-order valence-electron chi connectivity index (χ1n) is 11.1. The smallest absolute Gasteiger partial charge is 0.262 e. The molecule has 0 spiro atoms. The van der Waals surface area contributed by atoms with Crippen LogP contribution in [0.15, 0.2) is 66.2 Å². The van der Waals surface area contributed by atoms with E-state index in [1.807, 2.05) is 68.4 Å². The molecule has 0 unspecified atom stereocenters. The number of hydrogen-bond acceptors (Lipinski definition) is 5. The van der Waals surface area contributed by atoms with Crippen LogP contribution in [0.2, 0.25) is 5.02 Å². The third-order valence-electron chi connectivity index (χ3n) is 5.24. The zero-order valence-electron chi connectivity index (χ0n) is 20.2. The van der Waals surface area contributed by atoms with Gasteiger partial charge in [0.1, 0.15) is 11.6 Å². The molecule has 2 amide bonds. The van der Waals surface area contributed by atoms with Crippen molar-refractivity contribution in [2.24, 2.45) is 0 Å². The number of rotatable bonds is 9. The second-order valence-corrected chi connectivity index (χ2v) is 8.43. The van der Waals surface area contributed by atoms with Crippen LogP contribution in [0.1, 0.15) is 22.3 Å². The SMILES string of the molecule is COc1cc(/C=C(\C#N)C(=O)NCc2ccccc2)cc(Cl)c1OCC(=O)Nc1cc(C)ccc1C. The van der Waals surface area contributed by atoms with Gasteiger partial charge in [-0.05, 0) is 60.4 Å². The zero-order chi connectivity index (χ0) is 26.1. The van der Waals surface area contributed by atoms with E-state index in [2.05, 4.69) is 10.6 Å². The normalized spacial score (nSPS) is 10.8. The number of ether oxygens (including phenoxy) is 2. The molecule has 0 bridgehead atoms. The van der Waals surface area contributed by atoms with Crippen LogP contribution in [0, 0.1) is 25.2 Å². The minimum absolute atomic E-state index is 0.0920. The molecule has 0 fully saturated rings. The Morgan fingerprint density at radius 3 is 2.53 bits per heavy atom. The van der Waals surface area contributed by atoms with Crippen LogP contribution in [0.3, 0.4) is 0 Å². The molecule has 3 rings (SSSR count). The Bertz CT molecular complexity index is 1330. The maximum atomic E-state index is 12.5. The Kier molecular flexibility index (Phi) is 9.09. The highest BCUT2D eigenvalue weighted by atomic mass is 35.5. The lowest BCUT2D eigenvalue weighted by Gasteiger charge is -2.14. The number of benzene rings is 3. The van der Waals surface area contributed by atoms with Gasteiger partial charge in [-0.3, -0.25) is 9.59 Å². The number of halogens is 1. The quantitative estimate of drug-likeness (QED) is 0.308. The predicted molar refractivity (Wildman–Crippen MR) is 140 cm³/mol. The Morgan fingerprint density at radius 1 is 1.08 bits per heavy atom. The second kappa shape index (κ2) is 12.4. The molecule has 0 heterocycles. The topological polar surface area (TPSA) is 100 Å². The fraction of sp³-hybridized carbons (Fsp3) is 0.179. The van der Waals surface area contributed by atoms with Crippen molar-refractivity contribution >= 4 is 35.2 Å². The van der Waals surface area contributed by atoms with E-state index in [1.54, 1.807) is 6.07 Å². The molecule has 3 aromatic carbocycles. The van der Waals surface area contributed by atoms with E-state index in [0.29, 0.717) is 17.8 Å². The first kappa shape index (κ1) is 26.3. The maximum absolute atomic E-state index is 12.5. The number of nitrogens with one attached hydrogen (secondary N) is 2. The van der Waals surface area contributed by atoms with E-state index in [4.69, 9.17) is 21.1 Å². The Balaban J connectivity index is 1.70. The van der Waals surface area contributed by atoms with Gasteiger partial charge in [0.15, 0.2) is 18.1 Å². The van der Waals surface area contributed by atoms with Gasteiger partial charge in [-0.2, -0.15) is 5.26 Å². The summed E-state index contributed by atoms with van der Waals surface area (Å²) in [6, 6.07) is 20.2. The average Bonchev–Trinajstić information content (AvgIpc) is 2.87. The molecule has 3 aromatic rings. The lowest BCUT2D eigenvalue weighted by molar-refractivity contribution is -0.118. The molecule has 0 saturated heterocycles. The molecule has 0 aliphatic rings. The van der Waals surface area contributed by atoms with Gasteiger partial charge < -0.3 is 20.1 Å². The van der Waals surface area contributed by atoms with Crippen molar-refractivity contribution < 1.29 is 19.1 Å².